The molecule has 0 bridgehead atoms. The van der Waals surface area contributed by atoms with Crippen LogP contribution in [0.3, 0.4) is 0 Å². The van der Waals surface area contributed by atoms with E-state index in [9.17, 15) is 20.0 Å². The van der Waals surface area contributed by atoms with Crippen LogP contribution in [0.25, 0.3) is 5.69 Å². The third-order valence-corrected chi connectivity index (χ3v) is 5.12. The van der Waals surface area contributed by atoms with E-state index in [0.29, 0.717) is 14.7 Å². The van der Waals surface area contributed by atoms with Crippen molar-refractivity contribution in [2.75, 3.05) is 0 Å². The minimum Gasteiger partial charge on any atom is -0.501 e. The number of carbonyl (C=O) groups is 1. The number of nitrogens with one attached hydrogen (secondary N) is 1. The Morgan fingerprint density at radius 1 is 1.17 bits per heavy atom. The van der Waals surface area contributed by atoms with Gasteiger partial charge in [0, 0.05) is 34.3 Å². The minimum absolute atomic E-state index is 0.316. The van der Waals surface area contributed by atoms with Crippen LogP contribution in [-0.2, 0) is 0 Å². The molecule has 0 aliphatic rings. The Labute approximate surface area is 180 Å². The average molecular weight is 504 g/mol. The van der Waals surface area contributed by atoms with Crippen molar-refractivity contribution >= 4 is 40.4 Å². The number of phenolic OH excluding ortho intramolecular Hbond substituents is 1. The highest BCUT2D eigenvalue weighted by Crippen LogP contribution is 2.31. The van der Waals surface area contributed by atoms with E-state index in [1.54, 1.807) is 34.7 Å². The van der Waals surface area contributed by atoms with Gasteiger partial charge in [0.1, 0.15) is 0 Å². The Balaban J connectivity index is 1.72. The van der Waals surface area contributed by atoms with Crippen molar-refractivity contribution in [2.45, 2.75) is 13.8 Å². The highest BCUT2D eigenvalue weighted by molar-refractivity contribution is 14.1. The van der Waals surface area contributed by atoms with E-state index in [4.69, 9.17) is 0 Å². The highest BCUT2D eigenvalue weighted by atomic mass is 127. The molecule has 1 aromatic heterocycles. The van der Waals surface area contributed by atoms with Crippen molar-refractivity contribution in [3.05, 3.63) is 84.7 Å². The number of nitro groups is 1. The lowest BCUT2D eigenvalue weighted by molar-refractivity contribution is -0.386. The molecule has 3 aromatic rings. The topological polar surface area (TPSA) is 110 Å². The molecule has 0 radical (unpaired) electrons. The monoisotopic (exact) mass is 504 g/mol. The van der Waals surface area contributed by atoms with Crippen LogP contribution in [0.5, 0.6) is 5.75 Å². The number of amides is 1. The fourth-order valence-electron chi connectivity index (χ4n) is 2.89. The second-order valence-corrected chi connectivity index (χ2v) is 7.49. The van der Waals surface area contributed by atoms with E-state index in [1.807, 2.05) is 38.1 Å². The van der Waals surface area contributed by atoms with Crippen molar-refractivity contribution in [1.29, 1.82) is 0 Å². The Morgan fingerprint density at radius 2 is 1.79 bits per heavy atom. The van der Waals surface area contributed by atoms with E-state index in [-0.39, 0.29) is 0 Å². The second-order valence-electron chi connectivity index (χ2n) is 6.33. The van der Waals surface area contributed by atoms with Gasteiger partial charge >= 0.3 is 5.69 Å². The predicted octanol–water partition coefficient (Wildman–Crippen LogP) is 4.08. The number of hydrogen-bond acceptors (Lipinski definition) is 5. The summed E-state index contributed by atoms with van der Waals surface area (Å²) < 4.78 is 2.40. The zero-order valence-electron chi connectivity index (χ0n) is 15.6. The molecule has 0 saturated heterocycles. The summed E-state index contributed by atoms with van der Waals surface area (Å²) >= 11 is 1.79. The number of hydrogen-bond donors (Lipinski definition) is 2. The van der Waals surface area contributed by atoms with Gasteiger partial charge in [-0.25, -0.2) is 5.43 Å². The molecule has 8 nitrogen and oxygen atoms in total. The van der Waals surface area contributed by atoms with Crippen LogP contribution in [0.4, 0.5) is 5.69 Å². The largest absolute Gasteiger partial charge is 0.501 e. The lowest BCUT2D eigenvalue weighted by atomic mass is 10.2. The summed E-state index contributed by atoms with van der Waals surface area (Å²) in [5, 5.41) is 24.5. The van der Waals surface area contributed by atoms with Gasteiger partial charge in [0.15, 0.2) is 0 Å². The van der Waals surface area contributed by atoms with Gasteiger partial charge in [0.05, 0.1) is 14.7 Å². The van der Waals surface area contributed by atoms with Crippen LogP contribution in [-0.4, -0.2) is 26.7 Å². The molecule has 0 unspecified atom stereocenters. The third kappa shape index (κ3) is 4.45. The van der Waals surface area contributed by atoms with Gasteiger partial charge < -0.3 is 9.67 Å². The molecular weight excluding hydrogens is 487 g/mol. The number of aromatic nitrogens is 1. The first kappa shape index (κ1) is 20.5. The van der Waals surface area contributed by atoms with Gasteiger partial charge in [-0.1, -0.05) is 0 Å². The molecule has 148 valence electrons. The Bertz CT molecular complexity index is 1100. The number of halogens is 1. The molecule has 2 N–H and O–H groups in total. The van der Waals surface area contributed by atoms with Crippen LogP contribution in [0.15, 0.2) is 53.6 Å². The van der Waals surface area contributed by atoms with Crippen molar-refractivity contribution in [2.24, 2.45) is 5.10 Å². The fourth-order valence-corrected chi connectivity index (χ4v) is 3.52. The molecule has 1 amide bonds. The summed E-state index contributed by atoms with van der Waals surface area (Å²) in [5.74, 6) is -0.804. The smallest absolute Gasteiger partial charge is 0.312 e. The normalized spacial score (nSPS) is 11.0. The highest BCUT2D eigenvalue weighted by Gasteiger charge is 2.17. The summed E-state index contributed by atoms with van der Waals surface area (Å²) in [4.78, 5) is 22.6. The lowest BCUT2D eigenvalue weighted by Gasteiger charge is -2.10. The molecule has 2 aromatic carbocycles. The molecule has 0 atom stereocenters. The van der Waals surface area contributed by atoms with Crippen LogP contribution >= 0.6 is 22.6 Å². The summed E-state index contributed by atoms with van der Waals surface area (Å²) in [5.41, 5.74) is 5.94. The molecule has 0 aliphatic carbocycles. The summed E-state index contributed by atoms with van der Waals surface area (Å²) in [7, 11) is 0. The Hall–Kier alpha value is -3.21. The van der Waals surface area contributed by atoms with Crippen molar-refractivity contribution in [3.63, 3.8) is 0 Å². The van der Waals surface area contributed by atoms with Crippen LogP contribution in [0.2, 0.25) is 0 Å². The number of aryl methyl sites for hydroxylation is 2. The molecule has 0 aliphatic heterocycles. The number of nitrogens with zero attached hydrogens (tertiary/aromatic N) is 3. The van der Waals surface area contributed by atoms with E-state index in [0.717, 1.165) is 17.1 Å². The number of benzene rings is 2. The number of nitro benzene ring substituents is 1. The van der Waals surface area contributed by atoms with Gasteiger partial charge in [-0.2, -0.15) is 5.10 Å². The maximum absolute atomic E-state index is 12.3. The predicted molar refractivity (Wildman–Crippen MR) is 118 cm³/mol. The standard InChI is InChI=1S/C20H17IN4O4/c1-12-3-4-13(2)24(12)16-7-5-15(6-8-16)20(27)23-22-11-14-9-17(21)19(26)18(10-14)25(28)29/h3-11,26H,1-2H3,(H,23,27)/b22-11-. The third-order valence-electron chi connectivity index (χ3n) is 4.30. The van der Waals surface area contributed by atoms with E-state index in [1.165, 1.54) is 18.3 Å². The lowest BCUT2D eigenvalue weighted by Crippen LogP contribution is -2.17. The second kappa shape index (κ2) is 8.43. The number of carbonyl (C=O) groups excluding carboxylic acids is 1. The van der Waals surface area contributed by atoms with Gasteiger partial charge in [0.25, 0.3) is 5.91 Å². The van der Waals surface area contributed by atoms with Crippen molar-refractivity contribution in [3.8, 4) is 11.4 Å². The number of rotatable bonds is 5. The molecule has 0 saturated carbocycles. The number of phenols is 1. The zero-order chi connectivity index (χ0) is 21.1. The summed E-state index contributed by atoms with van der Waals surface area (Å²) in [6, 6.07) is 13.9. The van der Waals surface area contributed by atoms with Gasteiger partial charge in [-0.05, 0) is 78.9 Å². The van der Waals surface area contributed by atoms with Crippen LogP contribution < -0.4 is 5.43 Å². The molecule has 0 fully saturated rings. The molecule has 9 heteroatoms. The Morgan fingerprint density at radius 3 is 2.38 bits per heavy atom. The summed E-state index contributed by atoms with van der Waals surface area (Å²) in [6.07, 6.45) is 1.29. The van der Waals surface area contributed by atoms with Crippen molar-refractivity contribution in [1.82, 2.24) is 9.99 Å². The van der Waals surface area contributed by atoms with E-state index >= 15 is 0 Å². The van der Waals surface area contributed by atoms with Gasteiger partial charge in [0.2, 0.25) is 5.75 Å². The van der Waals surface area contributed by atoms with Gasteiger partial charge in [-0.15, -0.1) is 0 Å². The molecule has 3 rings (SSSR count). The molecular formula is C20H17IN4O4. The SMILES string of the molecule is Cc1ccc(C)n1-c1ccc(C(=O)N/N=C\c2cc(I)c(O)c([N+](=O)[O-])c2)cc1. The number of aromatic hydroxyl groups is 1. The average Bonchev–Trinajstić information content (AvgIpc) is 3.02. The quantitative estimate of drug-likeness (QED) is 0.236. The maximum atomic E-state index is 12.3. The molecule has 29 heavy (non-hydrogen) atoms. The Kier molecular flexibility index (Phi) is 5.97. The zero-order valence-corrected chi connectivity index (χ0v) is 17.7. The maximum Gasteiger partial charge on any atom is 0.312 e. The van der Waals surface area contributed by atoms with Crippen LogP contribution in [0.1, 0.15) is 27.3 Å². The number of hydrazone groups is 1. The summed E-state index contributed by atoms with van der Waals surface area (Å²) in [6.45, 7) is 4.02. The molecule has 1 heterocycles. The minimum atomic E-state index is -0.677. The van der Waals surface area contributed by atoms with E-state index < -0.39 is 22.3 Å². The first-order valence-corrected chi connectivity index (χ1v) is 9.61. The first-order chi connectivity index (χ1) is 13.8. The van der Waals surface area contributed by atoms with Crippen LogP contribution in [0, 0.1) is 27.5 Å². The van der Waals surface area contributed by atoms with Gasteiger partial charge in [-0.3, -0.25) is 14.9 Å². The van der Waals surface area contributed by atoms with E-state index in [2.05, 4.69) is 15.1 Å². The fraction of sp³-hybridized carbons (Fsp3) is 0.100. The van der Waals surface area contributed by atoms with Crippen molar-refractivity contribution < 1.29 is 14.8 Å². The molecule has 0 spiro atoms. The first-order valence-electron chi connectivity index (χ1n) is 8.53.